The highest BCUT2D eigenvalue weighted by molar-refractivity contribution is 5.95. The summed E-state index contributed by atoms with van der Waals surface area (Å²) in [6.45, 7) is 0. The fourth-order valence-corrected chi connectivity index (χ4v) is 2.34. The molecule has 0 aromatic heterocycles. The Kier molecular flexibility index (Phi) is 3.25. The van der Waals surface area contributed by atoms with Crippen molar-refractivity contribution < 1.29 is 14.6 Å². The van der Waals surface area contributed by atoms with E-state index in [1.807, 2.05) is 48.6 Å². The van der Waals surface area contributed by atoms with Gasteiger partial charge in [0.2, 0.25) is 0 Å². The lowest BCUT2D eigenvalue weighted by atomic mass is 9.97. The first-order chi connectivity index (χ1) is 9.74. The summed E-state index contributed by atoms with van der Waals surface area (Å²) in [5.74, 6) is -0.481. The molecular formula is C17H14O3. The van der Waals surface area contributed by atoms with Gasteiger partial charge in [-0.15, -0.1) is 0 Å². The highest BCUT2D eigenvalue weighted by Gasteiger charge is 2.27. The van der Waals surface area contributed by atoms with E-state index in [1.165, 1.54) is 6.07 Å². The molecule has 20 heavy (non-hydrogen) atoms. The van der Waals surface area contributed by atoms with Crippen molar-refractivity contribution >= 4 is 12.0 Å². The van der Waals surface area contributed by atoms with Gasteiger partial charge in [-0.25, -0.2) is 4.79 Å². The number of carbonyl (C=O) groups excluding carboxylic acids is 1. The molecule has 1 N–H and O–H groups in total. The number of benzene rings is 2. The maximum atomic E-state index is 11.9. The van der Waals surface area contributed by atoms with Crippen molar-refractivity contribution in [1.29, 1.82) is 0 Å². The minimum Gasteiger partial charge on any atom is -0.507 e. The van der Waals surface area contributed by atoms with Crippen LogP contribution < -0.4 is 0 Å². The summed E-state index contributed by atoms with van der Waals surface area (Å²) in [6, 6.07) is 14.9. The van der Waals surface area contributed by atoms with Gasteiger partial charge in [0.15, 0.2) is 0 Å². The van der Waals surface area contributed by atoms with Crippen molar-refractivity contribution in [3.63, 3.8) is 0 Å². The molecule has 2 aromatic rings. The molecule has 0 radical (unpaired) electrons. The third-order valence-corrected chi connectivity index (χ3v) is 3.32. The molecule has 3 rings (SSSR count). The molecule has 1 unspecified atom stereocenters. The third-order valence-electron chi connectivity index (χ3n) is 3.32. The quantitative estimate of drug-likeness (QED) is 0.849. The van der Waals surface area contributed by atoms with E-state index < -0.39 is 5.97 Å². The van der Waals surface area contributed by atoms with E-state index in [0.29, 0.717) is 6.42 Å². The second kappa shape index (κ2) is 5.21. The average Bonchev–Trinajstić information content (AvgIpc) is 2.46. The molecule has 0 amide bonds. The highest BCUT2D eigenvalue weighted by Crippen LogP contribution is 2.28. The number of hydrogen-bond donors (Lipinski definition) is 1. The number of cyclic esters (lactones) is 1. The predicted octanol–water partition coefficient (Wildman–Crippen LogP) is 3.19. The molecule has 0 bridgehead atoms. The molecule has 1 aliphatic heterocycles. The van der Waals surface area contributed by atoms with Gasteiger partial charge in [-0.2, -0.15) is 0 Å². The molecule has 0 spiro atoms. The van der Waals surface area contributed by atoms with Crippen molar-refractivity contribution in [2.75, 3.05) is 0 Å². The maximum absolute atomic E-state index is 11.9. The summed E-state index contributed by atoms with van der Waals surface area (Å²) in [5.41, 5.74) is 2.17. The lowest BCUT2D eigenvalue weighted by Gasteiger charge is -2.22. The zero-order chi connectivity index (χ0) is 13.9. The second-order valence-electron chi connectivity index (χ2n) is 4.73. The highest BCUT2D eigenvalue weighted by atomic mass is 16.5. The first-order valence-corrected chi connectivity index (χ1v) is 6.49. The van der Waals surface area contributed by atoms with Crippen molar-refractivity contribution in [3.05, 3.63) is 71.3 Å². The SMILES string of the molecule is O=C1OC(C=Cc2ccccc2)Cc2cccc(O)c21. The number of fused-ring (bicyclic) bond motifs is 1. The number of carbonyl (C=O) groups is 1. The van der Waals surface area contributed by atoms with E-state index in [-0.39, 0.29) is 17.4 Å². The topological polar surface area (TPSA) is 46.5 Å². The minimum absolute atomic E-state index is 0.0158. The fourth-order valence-electron chi connectivity index (χ4n) is 2.34. The number of ether oxygens (including phenoxy) is 1. The molecule has 3 nitrogen and oxygen atoms in total. The summed E-state index contributed by atoms with van der Waals surface area (Å²) in [7, 11) is 0. The molecule has 2 aromatic carbocycles. The third kappa shape index (κ3) is 2.43. The number of hydrogen-bond acceptors (Lipinski definition) is 3. The Morgan fingerprint density at radius 2 is 1.90 bits per heavy atom. The summed E-state index contributed by atoms with van der Waals surface area (Å²) >= 11 is 0. The minimum atomic E-state index is -0.466. The Morgan fingerprint density at radius 3 is 2.70 bits per heavy atom. The Labute approximate surface area is 117 Å². The largest absolute Gasteiger partial charge is 0.507 e. The van der Waals surface area contributed by atoms with Crippen molar-refractivity contribution in [1.82, 2.24) is 0 Å². The molecule has 100 valence electrons. The molecule has 1 heterocycles. The first kappa shape index (κ1) is 12.5. The molecular weight excluding hydrogens is 252 g/mol. The van der Waals surface area contributed by atoms with E-state index in [4.69, 9.17) is 4.74 Å². The van der Waals surface area contributed by atoms with Crippen LogP contribution >= 0.6 is 0 Å². The Hall–Kier alpha value is -2.55. The summed E-state index contributed by atoms with van der Waals surface area (Å²) in [5, 5.41) is 9.70. The zero-order valence-corrected chi connectivity index (χ0v) is 10.8. The maximum Gasteiger partial charge on any atom is 0.342 e. The van der Waals surface area contributed by atoms with Crippen LogP contribution in [0.1, 0.15) is 21.5 Å². The number of aromatic hydroxyl groups is 1. The molecule has 0 aliphatic carbocycles. The van der Waals surface area contributed by atoms with Gasteiger partial charge in [-0.05, 0) is 23.3 Å². The lowest BCUT2D eigenvalue weighted by Crippen LogP contribution is -2.26. The van der Waals surface area contributed by atoms with Gasteiger partial charge < -0.3 is 9.84 Å². The molecule has 0 saturated carbocycles. The first-order valence-electron chi connectivity index (χ1n) is 6.49. The van der Waals surface area contributed by atoms with Gasteiger partial charge in [0, 0.05) is 6.42 Å². The molecule has 0 fully saturated rings. The Balaban J connectivity index is 1.82. The van der Waals surface area contributed by atoms with Gasteiger partial charge >= 0.3 is 5.97 Å². The van der Waals surface area contributed by atoms with Crippen LogP contribution in [0.4, 0.5) is 0 Å². The van der Waals surface area contributed by atoms with Crippen LogP contribution in [-0.2, 0) is 11.2 Å². The van der Waals surface area contributed by atoms with E-state index in [1.54, 1.807) is 6.07 Å². The summed E-state index contributed by atoms with van der Waals surface area (Å²) < 4.78 is 5.33. The van der Waals surface area contributed by atoms with Crippen LogP contribution in [-0.4, -0.2) is 17.2 Å². The van der Waals surface area contributed by atoms with Crippen LogP contribution in [0.3, 0.4) is 0 Å². The lowest BCUT2D eigenvalue weighted by molar-refractivity contribution is 0.0355. The van der Waals surface area contributed by atoms with Crippen molar-refractivity contribution in [3.8, 4) is 5.75 Å². The summed E-state index contributed by atoms with van der Waals surface area (Å²) in [6.07, 6.45) is 4.10. The second-order valence-corrected chi connectivity index (χ2v) is 4.73. The smallest absolute Gasteiger partial charge is 0.342 e. The van der Waals surface area contributed by atoms with Gasteiger partial charge in [-0.1, -0.05) is 48.5 Å². The van der Waals surface area contributed by atoms with Crippen LogP contribution in [0.2, 0.25) is 0 Å². The Morgan fingerprint density at radius 1 is 1.10 bits per heavy atom. The van der Waals surface area contributed by atoms with Crippen molar-refractivity contribution in [2.24, 2.45) is 0 Å². The van der Waals surface area contributed by atoms with E-state index in [2.05, 4.69) is 0 Å². The average molecular weight is 266 g/mol. The predicted molar refractivity (Wildman–Crippen MR) is 76.5 cm³/mol. The van der Waals surface area contributed by atoms with E-state index >= 15 is 0 Å². The van der Waals surface area contributed by atoms with Gasteiger partial charge in [-0.3, -0.25) is 0 Å². The molecule has 0 saturated heterocycles. The fraction of sp³-hybridized carbons (Fsp3) is 0.118. The van der Waals surface area contributed by atoms with Gasteiger partial charge in [0.05, 0.1) is 0 Å². The molecule has 1 aliphatic rings. The zero-order valence-electron chi connectivity index (χ0n) is 10.8. The van der Waals surface area contributed by atoms with E-state index in [9.17, 15) is 9.90 Å². The molecule has 3 heteroatoms. The summed E-state index contributed by atoms with van der Waals surface area (Å²) in [4.78, 5) is 11.9. The number of rotatable bonds is 2. The van der Waals surface area contributed by atoms with Crippen molar-refractivity contribution in [2.45, 2.75) is 12.5 Å². The van der Waals surface area contributed by atoms with Crippen LogP contribution in [0.5, 0.6) is 5.75 Å². The number of esters is 1. The van der Waals surface area contributed by atoms with Gasteiger partial charge in [0.1, 0.15) is 17.4 Å². The monoisotopic (exact) mass is 266 g/mol. The van der Waals surface area contributed by atoms with Crippen LogP contribution in [0, 0.1) is 0 Å². The molecule has 1 atom stereocenters. The number of phenolic OH excluding ortho intramolecular Hbond substituents is 1. The standard InChI is InChI=1S/C17H14O3/c18-15-8-4-7-13-11-14(20-17(19)16(13)15)10-9-12-5-2-1-3-6-12/h1-10,14,18H,11H2. The van der Waals surface area contributed by atoms with Crippen LogP contribution in [0.25, 0.3) is 6.08 Å². The Bertz CT molecular complexity index is 659. The number of phenols is 1. The van der Waals surface area contributed by atoms with Gasteiger partial charge in [0.25, 0.3) is 0 Å². The van der Waals surface area contributed by atoms with E-state index in [0.717, 1.165) is 11.1 Å². The normalized spacial score (nSPS) is 17.8. The van der Waals surface area contributed by atoms with Crippen LogP contribution in [0.15, 0.2) is 54.6 Å².